The molecular weight excluding hydrogens is 280 g/mol. The first-order chi connectivity index (χ1) is 10.2. The predicted octanol–water partition coefficient (Wildman–Crippen LogP) is 3.21. The van der Waals surface area contributed by atoms with Gasteiger partial charge in [0.1, 0.15) is 6.33 Å². The molecule has 1 aromatic carbocycles. The summed E-state index contributed by atoms with van der Waals surface area (Å²) >= 11 is 1.76. The van der Waals surface area contributed by atoms with Crippen LogP contribution in [-0.2, 0) is 13.5 Å². The molecule has 0 aliphatic heterocycles. The lowest BCUT2D eigenvalue weighted by Crippen LogP contribution is -2.28. The lowest BCUT2D eigenvalue weighted by atomic mass is 10.0. The molecule has 0 amide bonds. The van der Waals surface area contributed by atoms with E-state index in [1.807, 2.05) is 11.7 Å². The van der Waals surface area contributed by atoms with Crippen molar-refractivity contribution < 1.29 is 0 Å². The first-order valence-corrected chi connectivity index (χ1v) is 8.36. The van der Waals surface area contributed by atoms with Crippen LogP contribution in [0.5, 0.6) is 0 Å². The van der Waals surface area contributed by atoms with E-state index < -0.39 is 0 Å². The van der Waals surface area contributed by atoms with Gasteiger partial charge in [-0.3, -0.25) is 0 Å². The molecule has 0 fully saturated rings. The Hall–Kier alpha value is -1.33. The summed E-state index contributed by atoms with van der Waals surface area (Å²) in [6.07, 6.45) is 2.68. The number of thioether (sulfide) groups is 1. The summed E-state index contributed by atoms with van der Waals surface area (Å²) in [7, 11) is 1.93. The Kier molecular flexibility index (Phi) is 5.82. The number of aromatic nitrogens is 3. The number of benzene rings is 1. The molecule has 2 unspecified atom stereocenters. The van der Waals surface area contributed by atoms with Crippen molar-refractivity contribution in [2.75, 3.05) is 6.54 Å². The Morgan fingerprint density at radius 3 is 2.48 bits per heavy atom. The molecule has 0 spiro atoms. The van der Waals surface area contributed by atoms with Crippen molar-refractivity contribution in [3.63, 3.8) is 0 Å². The molecule has 0 radical (unpaired) electrons. The predicted molar refractivity (Wildman–Crippen MR) is 88.6 cm³/mol. The Morgan fingerprint density at radius 1 is 1.24 bits per heavy atom. The highest BCUT2D eigenvalue weighted by Crippen LogP contribution is 2.30. The van der Waals surface area contributed by atoms with E-state index >= 15 is 0 Å². The fraction of sp³-hybridized carbons (Fsp3) is 0.500. The summed E-state index contributed by atoms with van der Waals surface area (Å²) in [5.74, 6) is 0. The lowest BCUT2D eigenvalue weighted by Gasteiger charge is -2.24. The zero-order valence-corrected chi connectivity index (χ0v) is 14.0. The molecule has 0 saturated carbocycles. The van der Waals surface area contributed by atoms with Crippen LogP contribution >= 0.6 is 11.8 Å². The topological polar surface area (TPSA) is 42.7 Å². The Labute approximate surface area is 131 Å². The monoisotopic (exact) mass is 304 g/mol. The third-order valence-electron chi connectivity index (χ3n) is 3.60. The second-order valence-electron chi connectivity index (χ2n) is 5.12. The van der Waals surface area contributed by atoms with Crippen LogP contribution in [0.2, 0.25) is 0 Å². The van der Waals surface area contributed by atoms with Crippen molar-refractivity contribution in [2.45, 2.75) is 43.6 Å². The molecule has 0 saturated heterocycles. The van der Waals surface area contributed by atoms with Gasteiger partial charge in [0.2, 0.25) is 0 Å². The minimum atomic E-state index is 0.308. The van der Waals surface area contributed by atoms with Crippen molar-refractivity contribution in [1.29, 1.82) is 0 Å². The Bertz CT molecular complexity index is 550. The largest absolute Gasteiger partial charge is 0.309 e. The summed E-state index contributed by atoms with van der Waals surface area (Å²) in [5, 5.41) is 9.05. The van der Waals surface area contributed by atoms with Gasteiger partial charge in [-0.25, -0.2) is 9.67 Å². The van der Waals surface area contributed by atoms with Crippen LogP contribution in [0, 0.1) is 0 Å². The van der Waals surface area contributed by atoms with Crippen LogP contribution in [0.15, 0.2) is 35.7 Å². The molecule has 0 aliphatic rings. The number of aryl methyl sites for hydroxylation is 2. The second-order valence-corrected chi connectivity index (χ2v) is 6.46. The van der Waals surface area contributed by atoms with Crippen LogP contribution in [-0.4, -0.2) is 26.6 Å². The van der Waals surface area contributed by atoms with E-state index in [-0.39, 0.29) is 0 Å². The van der Waals surface area contributed by atoms with Gasteiger partial charge < -0.3 is 5.32 Å². The number of rotatable bonds is 7. The summed E-state index contributed by atoms with van der Waals surface area (Å²) in [5.41, 5.74) is 2.71. The highest BCUT2D eigenvalue weighted by atomic mass is 32.2. The van der Waals surface area contributed by atoms with E-state index in [2.05, 4.69) is 60.4 Å². The van der Waals surface area contributed by atoms with E-state index in [1.165, 1.54) is 11.1 Å². The van der Waals surface area contributed by atoms with Gasteiger partial charge in [0.25, 0.3) is 0 Å². The van der Waals surface area contributed by atoms with Crippen molar-refractivity contribution in [1.82, 2.24) is 20.1 Å². The quantitative estimate of drug-likeness (QED) is 0.798. The maximum Gasteiger partial charge on any atom is 0.186 e. The normalized spacial score (nSPS) is 14.1. The summed E-state index contributed by atoms with van der Waals surface area (Å²) in [6.45, 7) is 7.51. The van der Waals surface area contributed by atoms with Crippen LogP contribution in [0.1, 0.15) is 37.9 Å². The van der Waals surface area contributed by atoms with E-state index in [1.54, 1.807) is 18.1 Å². The van der Waals surface area contributed by atoms with E-state index in [4.69, 9.17) is 0 Å². The molecule has 2 aromatic rings. The van der Waals surface area contributed by atoms with Crippen molar-refractivity contribution in [3.05, 3.63) is 41.7 Å². The maximum atomic E-state index is 4.31. The molecule has 0 aliphatic carbocycles. The molecule has 2 atom stereocenters. The van der Waals surface area contributed by atoms with Gasteiger partial charge in [-0.05, 0) is 24.1 Å². The minimum Gasteiger partial charge on any atom is -0.309 e. The smallest absolute Gasteiger partial charge is 0.186 e. The third-order valence-corrected chi connectivity index (χ3v) is 4.83. The summed E-state index contributed by atoms with van der Waals surface area (Å²) < 4.78 is 1.82. The average Bonchev–Trinajstić information content (AvgIpc) is 2.90. The highest BCUT2D eigenvalue weighted by molar-refractivity contribution is 7.99. The van der Waals surface area contributed by atoms with E-state index in [0.29, 0.717) is 11.3 Å². The van der Waals surface area contributed by atoms with Gasteiger partial charge in [-0.1, -0.05) is 56.8 Å². The van der Waals surface area contributed by atoms with Gasteiger partial charge in [0.05, 0.1) is 0 Å². The number of hydrogen-bond acceptors (Lipinski definition) is 4. The van der Waals surface area contributed by atoms with E-state index in [9.17, 15) is 0 Å². The van der Waals surface area contributed by atoms with Crippen LogP contribution in [0.3, 0.4) is 0 Å². The SMILES string of the molecule is CCNC(c1ccc(CC)cc1)C(C)Sc1ncnn1C. The van der Waals surface area contributed by atoms with Gasteiger partial charge in [-0.2, -0.15) is 5.10 Å². The van der Waals surface area contributed by atoms with Crippen LogP contribution in [0.4, 0.5) is 0 Å². The molecule has 1 aromatic heterocycles. The number of nitrogens with zero attached hydrogens (tertiary/aromatic N) is 3. The third kappa shape index (κ3) is 4.08. The van der Waals surface area contributed by atoms with Crippen molar-refractivity contribution in [2.24, 2.45) is 7.05 Å². The molecule has 0 bridgehead atoms. The zero-order valence-electron chi connectivity index (χ0n) is 13.2. The first-order valence-electron chi connectivity index (χ1n) is 7.48. The van der Waals surface area contributed by atoms with Gasteiger partial charge in [0.15, 0.2) is 5.16 Å². The molecule has 21 heavy (non-hydrogen) atoms. The fourth-order valence-corrected chi connectivity index (χ4v) is 3.39. The van der Waals surface area contributed by atoms with Gasteiger partial charge >= 0.3 is 0 Å². The first kappa shape index (κ1) is 16.0. The maximum absolute atomic E-state index is 4.31. The molecule has 1 heterocycles. The van der Waals surface area contributed by atoms with E-state index in [0.717, 1.165) is 18.1 Å². The Balaban J connectivity index is 2.14. The highest BCUT2D eigenvalue weighted by Gasteiger charge is 2.21. The standard InChI is InChI=1S/C16H24N4S/c1-5-13-7-9-14(10-8-13)15(17-6-2)12(3)21-16-18-11-19-20(16)4/h7-12,15,17H,5-6H2,1-4H3. The molecule has 1 N–H and O–H groups in total. The average molecular weight is 304 g/mol. The van der Waals surface area contributed by atoms with Gasteiger partial charge in [0, 0.05) is 18.3 Å². The van der Waals surface area contributed by atoms with Crippen LogP contribution < -0.4 is 5.32 Å². The fourth-order valence-electron chi connectivity index (χ4n) is 2.36. The molecule has 5 heteroatoms. The molecule has 2 rings (SSSR count). The molecular formula is C16H24N4S. The Morgan fingerprint density at radius 2 is 1.95 bits per heavy atom. The van der Waals surface area contributed by atoms with Crippen LogP contribution in [0.25, 0.3) is 0 Å². The number of hydrogen-bond donors (Lipinski definition) is 1. The second kappa shape index (κ2) is 7.61. The summed E-state index contributed by atoms with van der Waals surface area (Å²) in [4.78, 5) is 4.31. The molecule has 4 nitrogen and oxygen atoms in total. The number of nitrogens with one attached hydrogen (secondary N) is 1. The minimum absolute atomic E-state index is 0.308. The van der Waals surface area contributed by atoms with Gasteiger partial charge in [-0.15, -0.1) is 0 Å². The summed E-state index contributed by atoms with van der Waals surface area (Å²) in [6, 6.07) is 9.22. The lowest BCUT2D eigenvalue weighted by molar-refractivity contribution is 0.545. The molecule has 114 valence electrons. The zero-order chi connectivity index (χ0) is 15.2. The van der Waals surface area contributed by atoms with Crippen molar-refractivity contribution in [3.8, 4) is 0 Å². The van der Waals surface area contributed by atoms with Crippen molar-refractivity contribution >= 4 is 11.8 Å².